The number of rotatable bonds is 13. The van der Waals surface area contributed by atoms with E-state index in [2.05, 4.69) is 5.32 Å². The summed E-state index contributed by atoms with van der Waals surface area (Å²) in [6, 6.07) is 23.7. The summed E-state index contributed by atoms with van der Waals surface area (Å²) in [5.74, 6) is -6.03. The first-order valence-corrected chi connectivity index (χ1v) is 14.6. The number of hydrogen-bond donors (Lipinski definition) is 3. The van der Waals surface area contributed by atoms with Crippen LogP contribution in [0.1, 0.15) is 67.2 Å². The van der Waals surface area contributed by atoms with Crippen molar-refractivity contribution in [1.82, 2.24) is 10.2 Å². The van der Waals surface area contributed by atoms with E-state index >= 15 is 4.39 Å². The molecule has 1 fully saturated rings. The van der Waals surface area contributed by atoms with E-state index < -0.39 is 47.4 Å². The number of nitrogens with one attached hydrogen (secondary N) is 1. The van der Waals surface area contributed by atoms with Crippen LogP contribution in [0.2, 0.25) is 0 Å². The first-order valence-electron chi connectivity index (χ1n) is 14.6. The van der Waals surface area contributed by atoms with E-state index in [9.17, 15) is 29.4 Å². The Bertz CT molecular complexity index is 1360. The van der Waals surface area contributed by atoms with E-state index in [1.807, 2.05) is 60.7 Å². The van der Waals surface area contributed by atoms with Crippen molar-refractivity contribution in [2.75, 3.05) is 13.1 Å². The molecule has 0 aromatic heterocycles. The summed E-state index contributed by atoms with van der Waals surface area (Å²) in [5, 5.41) is 21.8. The molecule has 1 saturated carbocycles. The molecule has 0 aliphatic heterocycles. The van der Waals surface area contributed by atoms with Gasteiger partial charge in [-0.15, -0.1) is 0 Å². The van der Waals surface area contributed by atoms with Crippen LogP contribution in [0.5, 0.6) is 0 Å². The third-order valence-corrected chi connectivity index (χ3v) is 8.17. The molecule has 1 aliphatic carbocycles. The maximum atomic E-state index is 15.1. The largest absolute Gasteiger partial charge is 0.481 e. The van der Waals surface area contributed by atoms with Gasteiger partial charge in [0.15, 0.2) is 0 Å². The highest BCUT2D eigenvalue weighted by Crippen LogP contribution is 2.32. The Morgan fingerprint density at radius 1 is 0.791 bits per heavy atom. The van der Waals surface area contributed by atoms with E-state index in [0.29, 0.717) is 32.1 Å². The maximum absolute atomic E-state index is 15.1. The maximum Gasteiger partial charge on any atom is 0.307 e. The number of carbonyl (C=O) groups is 4. The summed E-state index contributed by atoms with van der Waals surface area (Å²) < 4.78 is 15.1. The number of halogens is 1. The molecule has 4 rings (SSSR count). The minimum Gasteiger partial charge on any atom is -0.481 e. The highest BCUT2D eigenvalue weighted by molar-refractivity contribution is 5.91. The van der Waals surface area contributed by atoms with Crippen LogP contribution in [0.3, 0.4) is 0 Å². The van der Waals surface area contributed by atoms with Gasteiger partial charge in [0, 0.05) is 24.6 Å². The Balaban J connectivity index is 1.64. The quantitative estimate of drug-likeness (QED) is 0.246. The van der Waals surface area contributed by atoms with Crippen molar-refractivity contribution in [3.05, 3.63) is 107 Å². The van der Waals surface area contributed by atoms with Gasteiger partial charge in [-0.2, -0.15) is 0 Å². The second-order valence-electron chi connectivity index (χ2n) is 10.9. The second-order valence-corrected chi connectivity index (χ2v) is 10.9. The molecule has 0 bridgehead atoms. The van der Waals surface area contributed by atoms with Crippen LogP contribution in [0, 0.1) is 17.7 Å². The van der Waals surface area contributed by atoms with Gasteiger partial charge in [0.25, 0.3) is 0 Å². The molecule has 2 amide bonds. The molecule has 3 unspecified atom stereocenters. The van der Waals surface area contributed by atoms with Crippen LogP contribution in [-0.4, -0.2) is 52.0 Å². The SMILES string of the molecule is O=C(O)CCN(CCC(c1ccccc1)c1ccccc1)C(=O)C(NC(=O)C1CCCCC1C(=O)O)c1ccccc1F. The Morgan fingerprint density at radius 3 is 1.91 bits per heavy atom. The smallest absolute Gasteiger partial charge is 0.307 e. The van der Waals surface area contributed by atoms with Crippen molar-refractivity contribution in [3.63, 3.8) is 0 Å². The van der Waals surface area contributed by atoms with Crippen LogP contribution in [0.15, 0.2) is 84.9 Å². The summed E-state index contributed by atoms with van der Waals surface area (Å²) in [7, 11) is 0. The van der Waals surface area contributed by atoms with Gasteiger partial charge in [0.05, 0.1) is 18.3 Å². The average Bonchev–Trinajstić information content (AvgIpc) is 3.02. The van der Waals surface area contributed by atoms with E-state index in [-0.39, 0.29) is 31.0 Å². The van der Waals surface area contributed by atoms with Gasteiger partial charge in [-0.3, -0.25) is 19.2 Å². The van der Waals surface area contributed by atoms with E-state index in [4.69, 9.17) is 0 Å². The van der Waals surface area contributed by atoms with Gasteiger partial charge < -0.3 is 20.4 Å². The van der Waals surface area contributed by atoms with Crippen LogP contribution >= 0.6 is 0 Å². The van der Waals surface area contributed by atoms with Crippen molar-refractivity contribution < 1.29 is 33.8 Å². The molecule has 0 spiro atoms. The van der Waals surface area contributed by atoms with Gasteiger partial charge in [0.2, 0.25) is 11.8 Å². The highest BCUT2D eigenvalue weighted by Gasteiger charge is 2.38. The number of carboxylic acids is 2. The van der Waals surface area contributed by atoms with Crippen molar-refractivity contribution in [2.45, 2.75) is 50.5 Å². The third kappa shape index (κ3) is 8.28. The Labute approximate surface area is 250 Å². The fourth-order valence-corrected chi connectivity index (χ4v) is 5.90. The van der Waals surface area contributed by atoms with Crippen LogP contribution in [0.4, 0.5) is 4.39 Å². The highest BCUT2D eigenvalue weighted by atomic mass is 19.1. The summed E-state index contributed by atoms with van der Waals surface area (Å²) >= 11 is 0. The average molecular weight is 589 g/mol. The molecule has 3 aromatic rings. The molecule has 43 heavy (non-hydrogen) atoms. The number of hydrogen-bond acceptors (Lipinski definition) is 4. The predicted molar refractivity (Wildman–Crippen MR) is 159 cm³/mol. The Morgan fingerprint density at radius 2 is 1.35 bits per heavy atom. The molecule has 9 heteroatoms. The van der Waals surface area contributed by atoms with E-state index in [1.54, 1.807) is 6.07 Å². The molecule has 226 valence electrons. The summed E-state index contributed by atoms with van der Waals surface area (Å²) in [6.07, 6.45) is 2.15. The van der Waals surface area contributed by atoms with Gasteiger partial charge in [-0.25, -0.2) is 4.39 Å². The lowest BCUT2D eigenvalue weighted by Gasteiger charge is -2.32. The lowest BCUT2D eigenvalue weighted by Crippen LogP contribution is -2.48. The third-order valence-electron chi connectivity index (χ3n) is 8.17. The van der Waals surface area contributed by atoms with Crippen molar-refractivity contribution in [2.24, 2.45) is 11.8 Å². The fraction of sp³-hybridized carbons (Fsp3) is 0.353. The molecule has 3 aromatic carbocycles. The van der Waals surface area contributed by atoms with Gasteiger partial charge in [0.1, 0.15) is 11.9 Å². The zero-order valence-electron chi connectivity index (χ0n) is 23.9. The first-order chi connectivity index (χ1) is 20.8. The van der Waals surface area contributed by atoms with E-state index in [0.717, 1.165) is 11.1 Å². The molecule has 0 heterocycles. The zero-order chi connectivity index (χ0) is 30.8. The normalized spacial score (nSPS) is 17.2. The van der Waals surface area contributed by atoms with Crippen molar-refractivity contribution in [1.29, 1.82) is 0 Å². The minimum atomic E-state index is -1.45. The number of aliphatic carboxylic acids is 2. The summed E-state index contributed by atoms with van der Waals surface area (Å²) in [5.41, 5.74) is 1.98. The van der Waals surface area contributed by atoms with Crippen molar-refractivity contribution >= 4 is 23.8 Å². The monoisotopic (exact) mass is 588 g/mol. The molecule has 8 nitrogen and oxygen atoms in total. The first kappa shape index (κ1) is 31.4. The number of carbonyl (C=O) groups excluding carboxylic acids is 2. The van der Waals surface area contributed by atoms with Crippen LogP contribution in [-0.2, 0) is 19.2 Å². The topological polar surface area (TPSA) is 124 Å². The van der Waals surface area contributed by atoms with Gasteiger partial charge >= 0.3 is 11.9 Å². The molecule has 3 N–H and O–H groups in total. The molecule has 0 saturated heterocycles. The summed E-state index contributed by atoms with van der Waals surface area (Å²) in [4.78, 5) is 52.4. The fourth-order valence-electron chi connectivity index (χ4n) is 5.90. The lowest BCUT2D eigenvalue weighted by molar-refractivity contribution is -0.149. The second kappa shape index (κ2) is 15.1. The molecular weight excluding hydrogens is 551 g/mol. The van der Waals surface area contributed by atoms with Crippen LogP contribution < -0.4 is 5.32 Å². The minimum absolute atomic E-state index is 0.0634. The van der Waals surface area contributed by atoms with Crippen molar-refractivity contribution in [3.8, 4) is 0 Å². The zero-order valence-corrected chi connectivity index (χ0v) is 23.9. The van der Waals surface area contributed by atoms with Gasteiger partial charge in [-0.1, -0.05) is 91.7 Å². The van der Waals surface area contributed by atoms with Crippen LogP contribution in [0.25, 0.3) is 0 Å². The summed E-state index contributed by atoms with van der Waals surface area (Å²) in [6.45, 7) is -0.00492. The number of amides is 2. The lowest BCUT2D eigenvalue weighted by atomic mass is 9.78. The predicted octanol–water partition coefficient (Wildman–Crippen LogP) is 5.40. The number of carboxylic acid groups (broad SMARTS) is 2. The number of benzene rings is 3. The molecule has 1 aliphatic rings. The molecular formula is C34H37FN2O6. The standard InChI is InChI=1S/C34H37FN2O6/c35-29-18-10-9-17-28(29)31(36-32(40)26-15-7-8-16-27(26)34(42)43)33(41)37(22-20-30(38)39)21-19-25(23-11-3-1-4-12-23)24-13-5-2-6-14-24/h1-6,9-14,17-18,25-27,31H,7-8,15-16,19-22H2,(H,36,40)(H,38,39)(H,42,43). The van der Waals surface area contributed by atoms with Gasteiger partial charge in [-0.05, 0) is 36.5 Å². The Hall–Kier alpha value is -4.53. The molecule has 3 atom stereocenters. The van der Waals surface area contributed by atoms with E-state index in [1.165, 1.54) is 23.1 Å². The number of nitrogens with zero attached hydrogens (tertiary/aromatic N) is 1. The Kier molecular flexibility index (Phi) is 11.0. The molecule has 0 radical (unpaired) electrons.